The van der Waals surface area contributed by atoms with Crippen LogP contribution in [0.4, 0.5) is 18.9 Å². The third kappa shape index (κ3) is 2.89. The average molecular weight is 383 g/mol. The molecule has 2 aromatic carbocycles. The van der Waals surface area contributed by atoms with Gasteiger partial charge in [0.1, 0.15) is 5.69 Å². The fourth-order valence-corrected chi connectivity index (χ4v) is 3.33. The second-order valence-corrected chi connectivity index (χ2v) is 6.60. The number of nitrogens with zero attached hydrogens (tertiary/aromatic N) is 2. The molecule has 4 rings (SSSR count). The lowest BCUT2D eigenvalue weighted by molar-refractivity contribution is -0.141. The van der Waals surface area contributed by atoms with Gasteiger partial charge in [0.05, 0.1) is 16.9 Å². The molecule has 0 atom stereocenters. The average Bonchev–Trinajstić information content (AvgIpc) is 3.15. The predicted octanol–water partition coefficient (Wildman–Crippen LogP) is 5.14. The first-order chi connectivity index (χ1) is 13.3. The summed E-state index contributed by atoms with van der Waals surface area (Å²) in [5.41, 5.74) is 1.50. The van der Waals surface area contributed by atoms with Crippen molar-refractivity contribution in [2.45, 2.75) is 20.0 Å². The molecule has 142 valence electrons. The van der Waals surface area contributed by atoms with Crippen LogP contribution in [0.1, 0.15) is 29.3 Å². The van der Waals surface area contributed by atoms with Crippen LogP contribution in [0.3, 0.4) is 0 Å². The summed E-state index contributed by atoms with van der Waals surface area (Å²) < 4.78 is 41.8. The molecule has 0 spiro atoms. The van der Waals surface area contributed by atoms with Gasteiger partial charge in [-0.05, 0) is 37.6 Å². The molecule has 7 heteroatoms. The molecule has 2 heterocycles. The number of halogens is 3. The highest BCUT2D eigenvalue weighted by Crippen LogP contribution is 2.39. The SMILES string of the molecule is CC1=Nc2c(C)cccc2C1=Cc1c(C(F)(F)F)[nH]n(-c2ccccc2)c1=O. The van der Waals surface area contributed by atoms with Crippen molar-refractivity contribution in [1.82, 2.24) is 9.78 Å². The number of fused-ring (bicyclic) bond motifs is 1. The van der Waals surface area contributed by atoms with E-state index < -0.39 is 23.0 Å². The van der Waals surface area contributed by atoms with Crippen LogP contribution in [0.15, 0.2) is 58.3 Å². The van der Waals surface area contributed by atoms with Crippen molar-refractivity contribution in [3.63, 3.8) is 0 Å². The first-order valence-corrected chi connectivity index (χ1v) is 8.62. The molecule has 0 unspecified atom stereocenters. The van der Waals surface area contributed by atoms with Crippen molar-refractivity contribution in [1.29, 1.82) is 0 Å². The van der Waals surface area contributed by atoms with E-state index in [1.54, 1.807) is 43.3 Å². The highest BCUT2D eigenvalue weighted by Gasteiger charge is 2.38. The number of alkyl halides is 3. The molecule has 28 heavy (non-hydrogen) atoms. The van der Waals surface area contributed by atoms with Gasteiger partial charge < -0.3 is 0 Å². The van der Waals surface area contributed by atoms with Crippen LogP contribution in [0.25, 0.3) is 17.3 Å². The van der Waals surface area contributed by atoms with Gasteiger partial charge in [-0.15, -0.1) is 0 Å². The molecule has 0 fully saturated rings. The van der Waals surface area contributed by atoms with E-state index in [4.69, 9.17) is 0 Å². The Morgan fingerprint density at radius 1 is 1.04 bits per heavy atom. The smallest absolute Gasteiger partial charge is 0.286 e. The number of aromatic amines is 1. The standard InChI is InChI=1S/C21H16F3N3O/c1-12-7-6-10-15-16(13(2)25-18(12)15)11-17-19(21(22,23)24)26-27(20(17)28)14-8-4-3-5-9-14/h3-11,26H,1-2H3. The maximum atomic E-state index is 13.6. The Balaban J connectivity index is 1.96. The van der Waals surface area contributed by atoms with E-state index in [0.29, 0.717) is 17.0 Å². The van der Waals surface area contributed by atoms with Gasteiger partial charge in [0.25, 0.3) is 5.56 Å². The van der Waals surface area contributed by atoms with Crippen LogP contribution < -0.4 is 5.56 Å². The van der Waals surface area contributed by atoms with E-state index in [0.717, 1.165) is 21.5 Å². The minimum atomic E-state index is -4.70. The van der Waals surface area contributed by atoms with E-state index in [1.165, 1.54) is 6.08 Å². The zero-order valence-corrected chi connectivity index (χ0v) is 15.1. The fraction of sp³-hybridized carbons (Fsp3) is 0.143. The molecule has 0 aliphatic carbocycles. The number of nitrogens with one attached hydrogen (secondary N) is 1. The first kappa shape index (κ1) is 18.0. The molecule has 0 amide bonds. The number of hydrogen-bond acceptors (Lipinski definition) is 2. The van der Waals surface area contributed by atoms with Gasteiger partial charge >= 0.3 is 6.18 Å². The van der Waals surface area contributed by atoms with Gasteiger partial charge in [-0.3, -0.25) is 14.9 Å². The number of aliphatic imine (C=N–C) groups is 1. The van der Waals surface area contributed by atoms with Crippen LogP contribution in [0.5, 0.6) is 0 Å². The Labute approximate surface area is 158 Å². The maximum Gasteiger partial charge on any atom is 0.433 e. The summed E-state index contributed by atoms with van der Waals surface area (Å²) in [6, 6.07) is 13.7. The number of H-pyrrole nitrogens is 1. The van der Waals surface area contributed by atoms with E-state index in [1.807, 2.05) is 19.1 Å². The second-order valence-electron chi connectivity index (χ2n) is 6.60. The molecule has 1 aromatic heterocycles. The number of hydrogen-bond donors (Lipinski definition) is 1. The molecule has 0 saturated carbocycles. The van der Waals surface area contributed by atoms with E-state index in [-0.39, 0.29) is 0 Å². The summed E-state index contributed by atoms with van der Waals surface area (Å²) in [5.74, 6) is 0. The number of rotatable bonds is 2. The Kier molecular flexibility index (Phi) is 4.10. The highest BCUT2D eigenvalue weighted by molar-refractivity contribution is 6.31. The maximum absolute atomic E-state index is 13.6. The molecule has 3 aromatic rings. The van der Waals surface area contributed by atoms with Gasteiger partial charge in [0.15, 0.2) is 0 Å². The summed E-state index contributed by atoms with van der Waals surface area (Å²) in [6.07, 6.45) is -3.42. The van der Waals surface area contributed by atoms with Crippen molar-refractivity contribution in [3.8, 4) is 5.69 Å². The molecule has 0 saturated heterocycles. The fourth-order valence-electron chi connectivity index (χ4n) is 3.33. The summed E-state index contributed by atoms with van der Waals surface area (Å²) in [5, 5.41) is 2.23. The molecule has 1 N–H and O–H groups in total. The minimum Gasteiger partial charge on any atom is -0.286 e. The van der Waals surface area contributed by atoms with Gasteiger partial charge in [0, 0.05) is 16.8 Å². The quantitative estimate of drug-likeness (QED) is 0.655. The Bertz CT molecular complexity index is 1180. The van der Waals surface area contributed by atoms with Crippen LogP contribution >= 0.6 is 0 Å². The van der Waals surface area contributed by atoms with Gasteiger partial charge in [0.2, 0.25) is 0 Å². The summed E-state index contributed by atoms with van der Waals surface area (Å²) in [7, 11) is 0. The molecule has 4 nitrogen and oxygen atoms in total. The molecule has 0 radical (unpaired) electrons. The zero-order valence-electron chi connectivity index (χ0n) is 15.1. The summed E-state index contributed by atoms with van der Waals surface area (Å²) >= 11 is 0. The van der Waals surface area contributed by atoms with Crippen LogP contribution in [-0.2, 0) is 6.18 Å². The Hall–Kier alpha value is -3.35. The van der Waals surface area contributed by atoms with Crippen molar-refractivity contribution in [3.05, 3.63) is 81.3 Å². The van der Waals surface area contributed by atoms with Crippen LogP contribution in [-0.4, -0.2) is 15.5 Å². The van der Waals surface area contributed by atoms with Gasteiger partial charge in [-0.25, -0.2) is 4.68 Å². The largest absolute Gasteiger partial charge is 0.433 e. The number of benzene rings is 2. The van der Waals surface area contributed by atoms with Gasteiger partial charge in [-0.2, -0.15) is 13.2 Å². The lowest BCUT2D eigenvalue weighted by Crippen LogP contribution is -2.16. The third-order valence-electron chi connectivity index (χ3n) is 4.71. The van der Waals surface area contributed by atoms with Crippen LogP contribution in [0, 0.1) is 6.92 Å². The molecule has 1 aliphatic heterocycles. The Morgan fingerprint density at radius 3 is 2.43 bits per heavy atom. The highest BCUT2D eigenvalue weighted by atomic mass is 19.4. The van der Waals surface area contributed by atoms with Gasteiger partial charge in [-0.1, -0.05) is 36.4 Å². The molecule has 0 bridgehead atoms. The van der Waals surface area contributed by atoms with Crippen LogP contribution in [0.2, 0.25) is 0 Å². The molecule has 1 aliphatic rings. The number of aromatic nitrogens is 2. The monoisotopic (exact) mass is 383 g/mol. The molecular weight excluding hydrogens is 367 g/mol. The number of allylic oxidation sites excluding steroid dienone is 1. The van der Waals surface area contributed by atoms with Crippen molar-refractivity contribution in [2.75, 3.05) is 0 Å². The lowest BCUT2D eigenvalue weighted by Gasteiger charge is -2.06. The van der Waals surface area contributed by atoms with E-state index >= 15 is 0 Å². The van der Waals surface area contributed by atoms with E-state index in [9.17, 15) is 18.0 Å². The zero-order chi connectivity index (χ0) is 20.1. The molecular formula is C21H16F3N3O. The third-order valence-corrected chi connectivity index (χ3v) is 4.71. The number of aryl methyl sites for hydroxylation is 1. The second kappa shape index (κ2) is 6.37. The summed E-state index contributed by atoms with van der Waals surface area (Å²) in [6.45, 7) is 3.61. The van der Waals surface area contributed by atoms with Crippen molar-refractivity contribution < 1.29 is 13.2 Å². The van der Waals surface area contributed by atoms with Crippen molar-refractivity contribution in [2.24, 2.45) is 4.99 Å². The first-order valence-electron chi connectivity index (χ1n) is 8.62. The Morgan fingerprint density at radius 2 is 1.75 bits per heavy atom. The summed E-state index contributed by atoms with van der Waals surface area (Å²) in [4.78, 5) is 17.3. The predicted molar refractivity (Wildman–Crippen MR) is 103 cm³/mol. The lowest BCUT2D eigenvalue weighted by atomic mass is 9.99. The minimum absolute atomic E-state index is 0.329. The number of para-hydroxylation sites is 2. The van der Waals surface area contributed by atoms with Crippen molar-refractivity contribution >= 4 is 23.0 Å². The van der Waals surface area contributed by atoms with E-state index in [2.05, 4.69) is 10.1 Å². The normalized spacial score (nSPS) is 15.0. The topological polar surface area (TPSA) is 50.1 Å².